The molecule has 3 aliphatic rings. The van der Waals surface area contributed by atoms with Crippen LogP contribution in [0.1, 0.15) is 12.8 Å². The van der Waals surface area contributed by atoms with E-state index < -0.39 is 26.9 Å². The van der Waals surface area contributed by atoms with Crippen molar-refractivity contribution >= 4 is 16.1 Å². The summed E-state index contributed by atoms with van der Waals surface area (Å²) in [6.07, 6.45) is 0.976. The summed E-state index contributed by atoms with van der Waals surface area (Å²) in [6, 6.07) is 1.95. The van der Waals surface area contributed by atoms with Gasteiger partial charge in [-0.3, -0.25) is 4.18 Å². The third-order valence-electron chi connectivity index (χ3n) is 4.58. The van der Waals surface area contributed by atoms with Gasteiger partial charge in [-0.25, -0.2) is 4.79 Å². The molecule has 2 bridgehead atoms. The van der Waals surface area contributed by atoms with Crippen molar-refractivity contribution in [1.82, 2.24) is 0 Å². The van der Waals surface area contributed by atoms with E-state index >= 15 is 0 Å². The minimum Gasteiger partial charge on any atom is -0.460 e. The Labute approximate surface area is 122 Å². The zero-order valence-corrected chi connectivity index (χ0v) is 12.0. The van der Waals surface area contributed by atoms with E-state index in [1.165, 1.54) is 0 Å². The molecular weight excluding hydrogens is 298 g/mol. The predicted octanol–water partition coefficient (Wildman–Crippen LogP) is 0.132. The van der Waals surface area contributed by atoms with Crippen LogP contribution in [-0.2, 0) is 28.6 Å². The first-order valence-electron chi connectivity index (χ1n) is 6.70. The molecule has 0 aromatic rings. The Kier molecular flexibility index (Phi) is 3.31. The van der Waals surface area contributed by atoms with Gasteiger partial charge < -0.3 is 9.47 Å². The van der Waals surface area contributed by atoms with Crippen molar-refractivity contribution in [3.05, 3.63) is 12.7 Å². The quantitative estimate of drug-likeness (QED) is 0.307. The molecule has 2 aliphatic carbocycles. The van der Waals surface area contributed by atoms with Gasteiger partial charge in [-0.1, -0.05) is 6.58 Å². The highest BCUT2D eigenvalue weighted by Crippen LogP contribution is 2.61. The van der Waals surface area contributed by atoms with Gasteiger partial charge in [0, 0.05) is 12.0 Å². The topological polar surface area (TPSA) is 103 Å². The summed E-state index contributed by atoms with van der Waals surface area (Å²) in [6.45, 7) is 3.51. The molecule has 0 spiro atoms. The molecule has 114 valence electrons. The zero-order valence-electron chi connectivity index (χ0n) is 11.2. The molecule has 0 amide bonds. The summed E-state index contributed by atoms with van der Waals surface area (Å²) in [4.78, 5) is 10.9. The van der Waals surface area contributed by atoms with Crippen LogP contribution >= 0.6 is 0 Å². The number of carbonyl (C=O) groups is 1. The van der Waals surface area contributed by atoms with Gasteiger partial charge in [0.2, 0.25) is 0 Å². The van der Waals surface area contributed by atoms with Crippen LogP contribution in [0.4, 0.5) is 0 Å². The Morgan fingerprint density at radius 3 is 2.95 bits per heavy atom. The van der Waals surface area contributed by atoms with E-state index in [0.29, 0.717) is 6.42 Å². The molecule has 3 rings (SSSR count). The minimum absolute atomic E-state index is 0.00738. The Morgan fingerprint density at radius 1 is 1.52 bits per heavy atom. The molecular formula is C13H15NO6S. The van der Waals surface area contributed by atoms with Crippen molar-refractivity contribution < 1.29 is 26.9 Å². The molecule has 0 N–H and O–H groups in total. The standard InChI is InChI=1S/C13H15NO6S/c1-2-10(15)18-3-4-19-11-8-5-9-12(11)20-21(16,17)13(9,6-8)7-14/h2,8-9,11-12H,1,3-6H2. The van der Waals surface area contributed by atoms with Crippen molar-refractivity contribution in [1.29, 1.82) is 5.26 Å². The average molecular weight is 313 g/mol. The largest absolute Gasteiger partial charge is 0.460 e. The molecule has 0 aromatic heterocycles. The van der Waals surface area contributed by atoms with Crippen molar-refractivity contribution in [2.45, 2.75) is 29.8 Å². The number of hydrogen-bond donors (Lipinski definition) is 0. The first-order chi connectivity index (χ1) is 9.95. The fourth-order valence-electron chi connectivity index (χ4n) is 3.73. The summed E-state index contributed by atoms with van der Waals surface area (Å²) in [5, 5.41) is 9.27. The summed E-state index contributed by atoms with van der Waals surface area (Å²) in [5.41, 5.74) is 0. The van der Waals surface area contributed by atoms with E-state index in [1.54, 1.807) is 0 Å². The van der Waals surface area contributed by atoms with Gasteiger partial charge in [0.05, 0.1) is 18.8 Å². The number of nitriles is 1. The molecule has 0 aromatic carbocycles. The second kappa shape index (κ2) is 4.80. The van der Waals surface area contributed by atoms with Crippen molar-refractivity contribution in [2.24, 2.45) is 11.8 Å². The van der Waals surface area contributed by atoms with Crippen molar-refractivity contribution in [2.75, 3.05) is 13.2 Å². The number of esters is 1. The Morgan fingerprint density at radius 2 is 2.29 bits per heavy atom. The van der Waals surface area contributed by atoms with Gasteiger partial charge in [0.1, 0.15) is 12.7 Å². The van der Waals surface area contributed by atoms with E-state index in [1.807, 2.05) is 6.07 Å². The first-order valence-corrected chi connectivity index (χ1v) is 8.11. The minimum atomic E-state index is -3.86. The van der Waals surface area contributed by atoms with E-state index in [9.17, 15) is 18.5 Å². The lowest BCUT2D eigenvalue weighted by molar-refractivity contribution is -0.141. The van der Waals surface area contributed by atoms with E-state index in [4.69, 9.17) is 13.7 Å². The molecule has 1 heterocycles. The molecule has 5 unspecified atom stereocenters. The third kappa shape index (κ3) is 1.92. The number of hydrogen-bond acceptors (Lipinski definition) is 7. The van der Waals surface area contributed by atoms with E-state index in [2.05, 4.69) is 6.58 Å². The van der Waals surface area contributed by atoms with Crippen LogP contribution in [0.2, 0.25) is 0 Å². The smallest absolute Gasteiger partial charge is 0.330 e. The average Bonchev–Trinajstić information content (AvgIpc) is 3.03. The number of fused-ring (bicyclic) bond motifs is 1. The summed E-state index contributed by atoms with van der Waals surface area (Å²) >= 11 is 0. The monoisotopic (exact) mass is 313 g/mol. The second-order valence-electron chi connectivity index (χ2n) is 5.53. The molecule has 8 heteroatoms. The first kappa shape index (κ1) is 14.5. The lowest BCUT2D eigenvalue weighted by Gasteiger charge is -2.27. The molecule has 1 aliphatic heterocycles. The van der Waals surface area contributed by atoms with Crippen LogP contribution in [0.5, 0.6) is 0 Å². The highest BCUT2D eigenvalue weighted by atomic mass is 32.2. The maximum absolute atomic E-state index is 12.1. The van der Waals surface area contributed by atoms with Gasteiger partial charge >= 0.3 is 5.97 Å². The van der Waals surface area contributed by atoms with Gasteiger partial charge in [0.15, 0.2) is 4.75 Å². The lowest BCUT2D eigenvalue weighted by Crippen LogP contribution is -2.43. The summed E-state index contributed by atoms with van der Waals surface area (Å²) in [7, 11) is -3.86. The van der Waals surface area contributed by atoms with Crippen LogP contribution in [-0.4, -0.2) is 44.6 Å². The Bertz CT molecular complexity index is 623. The van der Waals surface area contributed by atoms with Gasteiger partial charge in [-0.05, 0) is 18.8 Å². The van der Waals surface area contributed by atoms with Crippen LogP contribution < -0.4 is 0 Å². The molecule has 1 saturated heterocycles. The molecule has 5 atom stereocenters. The maximum atomic E-state index is 12.1. The highest BCUT2D eigenvalue weighted by Gasteiger charge is 2.74. The molecule has 2 saturated carbocycles. The SMILES string of the molecule is C=CC(=O)OCCOC1C2CC3C1OS(=O)(=O)C3(C#N)C2. The maximum Gasteiger partial charge on any atom is 0.330 e. The van der Waals surface area contributed by atoms with Crippen LogP contribution in [0.3, 0.4) is 0 Å². The van der Waals surface area contributed by atoms with E-state index in [-0.39, 0.29) is 37.6 Å². The van der Waals surface area contributed by atoms with Crippen LogP contribution in [0.25, 0.3) is 0 Å². The van der Waals surface area contributed by atoms with E-state index in [0.717, 1.165) is 6.08 Å². The van der Waals surface area contributed by atoms with Crippen molar-refractivity contribution in [3.63, 3.8) is 0 Å². The lowest BCUT2D eigenvalue weighted by atomic mass is 9.85. The normalized spacial score (nSPS) is 41.7. The summed E-state index contributed by atoms with van der Waals surface area (Å²) in [5.74, 6) is -0.861. The van der Waals surface area contributed by atoms with Crippen LogP contribution in [0, 0.1) is 23.2 Å². The number of carbonyl (C=O) groups excluding carboxylic acids is 1. The molecule has 3 fully saturated rings. The summed E-state index contributed by atoms with van der Waals surface area (Å²) < 4.78 is 38.3. The Hall–Kier alpha value is -1.43. The number of nitrogens with zero attached hydrogens (tertiary/aromatic N) is 1. The number of rotatable bonds is 5. The Balaban J connectivity index is 1.64. The fraction of sp³-hybridized carbons (Fsp3) is 0.692. The van der Waals surface area contributed by atoms with Gasteiger partial charge in [-0.15, -0.1) is 0 Å². The number of ether oxygens (including phenoxy) is 2. The van der Waals surface area contributed by atoms with Crippen molar-refractivity contribution in [3.8, 4) is 6.07 Å². The van der Waals surface area contributed by atoms with Gasteiger partial charge in [0.25, 0.3) is 10.1 Å². The predicted molar refractivity (Wildman–Crippen MR) is 69.2 cm³/mol. The zero-order chi connectivity index (χ0) is 15.3. The fourth-order valence-corrected chi connectivity index (χ4v) is 5.57. The molecule has 21 heavy (non-hydrogen) atoms. The molecule has 0 radical (unpaired) electrons. The third-order valence-corrected chi connectivity index (χ3v) is 6.51. The molecule has 7 nitrogen and oxygen atoms in total. The van der Waals surface area contributed by atoms with Crippen LogP contribution in [0.15, 0.2) is 12.7 Å². The highest BCUT2D eigenvalue weighted by molar-refractivity contribution is 7.88. The second-order valence-corrected chi connectivity index (χ2v) is 7.36. The van der Waals surface area contributed by atoms with Gasteiger partial charge in [-0.2, -0.15) is 13.7 Å².